The zero-order valence-corrected chi connectivity index (χ0v) is 18.8. The van der Waals surface area contributed by atoms with Crippen LogP contribution in [-0.4, -0.2) is 16.9 Å². The van der Waals surface area contributed by atoms with Crippen molar-refractivity contribution in [1.82, 2.24) is 10.3 Å². The second-order valence-electron chi connectivity index (χ2n) is 6.53. The van der Waals surface area contributed by atoms with Crippen LogP contribution in [0, 0.1) is 17.5 Å². The number of alkyl halides is 3. The second kappa shape index (κ2) is 10.2. The molecule has 35 heavy (non-hydrogen) atoms. The van der Waals surface area contributed by atoms with Gasteiger partial charge in [-0.1, -0.05) is 34.8 Å². The molecule has 1 aromatic heterocycles. The first-order chi connectivity index (χ1) is 16.3. The lowest BCUT2D eigenvalue weighted by molar-refractivity contribution is -0.137. The summed E-state index contributed by atoms with van der Waals surface area (Å²) in [6.45, 7) is 0. The number of rotatable bonds is 4. The van der Waals surface area contributed by atoms with Crippen LogP contribution in [-0.2, 0) is 6.18 Å². The molecule has 0 unspecified atom stereocenters. The summed E-state index contributed by atoms with van der Waals surface area (Å²) in [6.07, 6.45) is -4.21. The van der Waals surface area contributed by atoms with Crippen LogP contribution in [0.1, 0.15) is 15.9 Å². The Morgan fingerprint density at radius 2 is 1.46 bits per heavy atom. The normalized spacial score (nSPS) is 11.2. The van der Waals surface area contributed by atoms with Gasteiger partial charge in [-0.05, 0) is 18.2 Å². The first kappa shape index (κ1) is 26.4. The fourth-order valence-corrected chi connectivity index (χ4v) is 3.34. The van der Waals surface area contributed by atoms with Gasteiger partial charge in [0.1, 0.15) is 28.0 Å². The largest absolute Gasteiger partial charge is 0.434 e. The van der Waals surface area contributed by atoms with Crippen molar-refractivity contribution in [3.8, 4) is 11.6 Å². The van der Waals surface area contributed by atoms with Gasteiger partial charge in [-0.25, -0.2) is 22.9 Å². The van der Waals surface area contributed by atoms with E-state index in [0.29, 0.717) is 12.3 Å². The van der Waals surface area contributed by atoms with Crippen molar-refractivity contribution in [3.63, 3.8) is 0 Å². The Morgan fingerprint density at radius 1 is 0.886 bits per heavy atom. The van der Waals surface area contributed by atoms with Crippen molar-refractivity contribution in [2.24, 2.45) is 0 Å². The van der Waals surface area contributed by atoms with Crippen LogP contribution < -0.4 is 15.4 Å². The van der Waals surface area contributed by atoms with Gasteiger partial charge in [-0.15, -0.1) is 0 Å². The van der Waals surface area contributed by atoms with Crippen molar-refractivity contribution in [1.29, 1.82) is 0 Å². The number of amides is 3. The van der Waals surface area contributed by atoms with E-state index >= 15 is 0 Å². The van der Waals surface area contributed by atoms with Gasteiger partial charge in [-0.3, -0.25) is 10.1 Å². The third kappa shape index (κ3) is 6.27. The number of urea groups is 1. The van der Waals surface area contributed by atoms with Gasteiger partial charge in [0.25, 0.3) is 5.91 Å². The van der Waals surface area contributed by atoms with Gasteiger partial charge in [0.15, 0.2) is 5.75 Å². The molecule has 0 radical (unpaired) electrons. The number of anilines is 1. The number of aromatic nitrogens is 1. The van der Waals surface area contributed by atoms with Gasteiger partial charge in [0.05, 0.1) is 15.6 Å². The lowest BCUT2D eigenvalue weighted by atomic mass is 10.2. The van der Waals surface area contributed by atoms with Crippen LogP contribution in [0.25, 0.3) is 0 Å². The smallest absolute Gasteiger partial charge is 0.417 e. The molecule has 0 bridgehead atoms. The highest BCUT2D eigenvalue weighted by Gasteiger charge is 2.32. The molecule has 15 heteroatoms. The molecule has 0 saturated heterocycles. The van der Waals surface area contributed by atoms with Crippen molar-refractivity contribution < 1.29 is 40.7 Å². The summed E-state index contributed by atoms with van der Waals surface area (Å²) in [5, 5.41) is 2.75. The molecule has 0 spiro atoms. The standard InChI is InChI=1S/C20H8Cl3F6N3O3/c21-10-4-9(31-19(34)32-17(33)15-13(25)2-8(24)3-14(15)26)5-11(22)16(10)35-18-12(23)1-7(6-30-18)20(27,28)29/h1-6H,(H2,31,32,33,34). The summed E-state index contributed by atoms with van der Waals surface area (Å²) in [4.78, 5) is 27.5. The molecular formula is C20H8Cl3F6N3O3. The fraction of sp³-hybridized carbons (Fsp3) is 0.0500. The van der Waals surface area contributed by atoms with Crippen LogP contribution >= 0.6 is 34.8 Å². The molecule has 3 aromatic rings. The minimum atomic E-state index is -4.69. The zero-order chi connectivity index (χ0) is 26.1. The van der Waals surface area contributed by atoms with Gasteiger partial charge >= 0.3 is 12.2 Å². The number of imide groups is 1. The Balaban J connectivity index is 1.74. The molecular weight excluding hydrogens is 551 g/mol. The fourth-order valence-electron chi connectivity index (χ4n) is 2.57. The number of hydrogen-bond acceptors (Lipinski definition) is 4. The van der Waals surface area contributed by atoms with Gasteiger partial charge in [-0.2, -0.15) is 13.2 Å². The number of hydrogen-bond donors (Lipinski definition) is 2. The van der Waals surface area contributed by atoms with E-state index in [1.807, 2.05) is 0 Å². The van der Waals surface area contributed by atoms with Crippen molar-refractivity contribution >= 4 is 52.4 Å². The van der Waals surface area contributed by atoms with Crippen molar-refractivity contribution in [2.75, 3.05) is 5.32 Å². The van der Waals surface area contributed by atoms with E-state index in [1.165, 1.54) is 0 Å². The van der Waals surface area contributed by atoms with Crippen LogP contribution in [0.2, 0.25) is 15.1 Å². The summed E-state index contributed by atoms with van der Waals surface area (Å²) in [5.74, 6) is -6.55. The SMILES string of the molecule is O=C(NC(=O)c1c(F)cc(F)cc1F)Nc1cc(Cl)c(Oc2ncc(C(F)(F)F)cc2Cl)c(Cl)c1. The number of nitrogens with zero attached hydrogens (tertiary/aromatic N) is 1. The number of pyridine rings is 1. The molecule has 0 fully saturated rings. The summed E-state index contributed by atoms with van der Waals surface area (Å²) < 4.78 is 83.8. The molecule has 0 aliphatic carbocycles. The van der Waals surface area contributed by atoms with E-state index < -0.39 is 57.6 Å². The predicted octanol–water partition coefficient (Wildman–Crippen LogP) is 7.23. The number of carbonyl (C=O) groups excluding carboxylic acids is 2. The predicted molar refractivity (Wildman–Crippen MR) is 114 cm³/mol. The molecule has 0 aliphatic heterocycles. The van der Waals surface area contributed by atoms with Crippen molar-refractivity contribution in [3.05, 3.63) is 80.2 Å². The molecule has 2 aromatic carbocycles. The van der Waals surface area contributed by atoms with Crippen LogP contribution in [0.3, 0.4) is 0 Å². The Labute approximate surface area is 206 Å². The molecule has 0 saturated carbocycles. The van der Waals surface area contributed by atoms with E-state index in [9.17, 15) is 35.9 Å². The highest BCUT2D eigenvalue weighted by Crippen LogP contribution is 2.41. The third-order valence-electron chi connectivity index (χ3n) is 4.05. The lowest BCUT2D eigenvalue weighted by Gasteiger charge is -2.14. The Morgan fingerprint density at radius 3 is 1.97 bits per heavy atom. The molecule has 3 amide bonds. The quantitative estimate of drug-likeness (QED) is 0.331. The average Bonchev–Trinajstić information content (AvgIpc) is 2.70. The van der Waals surface area contributed by atoms with Crippen LogP contribution in [0.5, 0.6) is 11.6 Å². The van der Waals surface area contributed by atoms with Gasteiger partial charge < -0.3 is 10.1 Å². The minimum Gasteiger partial charge on any atom is -0.434 e. The maximum Gasteiger partial charge on any atom is 0.417 e. The summed E-state index contributed by atoms with van der Waals surface area (Å²) in [6, 6.07) is 1.98. The van der Waals surface area contributed by atoms with Crippen LogP contribution in [0.15, 0.2) is 36.5 Å². The molecule has 1 heterocycles. The van der Waals surface area contributed by atoms with Crippen molar-refractivity contribution in [2.45, 2.75) is 6.18 Å². The number of ether oxygens (including phenoxy) is 1. The topological polar surface area (TPSA) is 80.3 Å². The zero-order valence-electron chi connectivity index (χ0n) is 16.5. The molecule has 0 aliphatic rings. The monoisotopic (exact) mass is 557 g/mol. The third-order valence-corrected chi connectivity index (χ3v) is 4.88. The van der Waals surface area contributed by atoms with E-state index in [4.69, 9.17) is 39.5 Å². The number of nitrogens with one attached hydrogen (secondary N) is 2. The molecule has 3 rings (SSSR count). The van der Waals surface area contributed by atoms with Gasteiger partial charge in [0, 0.05) is 24.0 Å². The minimum absolute atomic E-state index is 0.121. The molecule has 2 N–H and O–H groups in total. The lowest BCUT2D eigenvalue weighted by Crippen LogP contribution is -2.35. The Kier molecular flexibility index (Phi) is 7.68. The maximum absolute atomic E-state index is 13.7. The Hall–Kier alpha value is -3.22. The molecule has 6 nitrogen and oxygen atoms in total. The Bertz CT molecular complexity index is 1290. The van der Waals surface area contributed by atoms with E-state index in [2.05, 4.69) is 10.3 Å². The highest BCUT2D eigenvalue weighted by atomic mass is 35.5. The number of halogens is 9. The molecule has 184 valence electrons. The number of carbonyl (C=O) groups is 2. The second-order valence-corrected chi connectivity index (χ2v) is 7.75. The first-order valence-electron chi connectivity index (χ1n) is 8.92. The summed E-state index contributed by atoms with van der Waals surface area (Å²) in [7, 11) is 0. The molecule has 0 atom stereocenters. The summed E-state index contributed by atoms with van der Waals surface area (Å²) in [5.41, 5.74) is -2.43. The van der Waals surface area contributed by atoms with E-state index in [-0.39, 0.29) is 33.6 Å². The summed E-state index contributed by atoms with van der Waals surface area (Å²) >= 11 is 17.9. The van der Waals surface area contributed by atoms with E-state index in [1.54, 1.807) is 5.32 Å². The van der Waals surface area contributed by atoms with Crippen LogP contribution in [0.4, 0.5) is 36.8 Å². The highest BCUT2D eigenvalue weighted by molar-refractivity contribution is 6.38. The first-order valence-corrected chi connectivity index (χ1v) is 10.1. The number of benzene rings is 2. The maximum atomic E-state index is 13.7. The van der Waals surface area contributed by atoms with Gasteiger partial charge in [0.2, 0.25) is 5.88 Å². The average molecular weight is 559 g/mol. The van der Waals surface area contributed by atoms with E-state index in [0.717, 1.165) is 12.1 Å².